The number of hydrogen-bond donors (Lipinski definition) is 4. The van der Waals surface area contributed by atoms with Crippen LogP contribution in [0.1, 0.15) is 18.4 Å². The van der Waals surface area contributed by atoms with Crippen molar-refractivity contribution in [2.45, 2.75) is 19.4 Å². The number of fused-ring (bicyclic) bond motifs is 3. The van der Waals surface area contributed by atoms with E-state index in [0.29, 0.717) is 36.4 Å². The van der Waals surface area contributed by atoms with Gasteiger partial charge in [0.05, 0.1) is 10.9 Å². The fourth-order valence-corrected chi connectivity index (χ4v) is 2.72. The summed E-state index contributed by atoms with van der Waals surface area (Å²) in [7, 11) is 0. The highest BCUT2D eigenvalue weighted by atomic mass is 16.1. The Bertz CT molecular complexity index is 1000. The van der Waals surface area contributed by atoms with Crippen molar-refractivity contribution in [1.82, 2.24) is 14.8 Å². The molecule has 0 unspecified atom stereocenters. The van der Waals surface area contributed by atoms with Crippen molar-refractivity contribution >= 4 is 45.4 Å². The lowest BCUT2D eigenvalue weighted by Gasteiger charge is -2.05. The minimum Gasteiger partial charge on any atom is -0.398 e. The van der Waals surface area contributed by atoms with Gasteiger partial charge in [0.25, 0.3) is 0 Å². The molecule has 0 aliphatic carbocycles. The molecule has 1 aromatic carbocycles. The molecule has 0 radical (unpaired) electrons. The van der Waals surface area contributed by atoms with Crippen molar-refractivity contribution in [1.29, 1.82) is 5.41 Å². The Morgan fingerprint density at radius 2 is 2.08 bits per heavy atom. The molecule has 8 nitrogen and oxygen atoms in total. The van der Waals surface area contributed by atoms with Crippen molar-refractivity contribution in [2.24, 2.45) is 11.5 Å². The molecule has 0 bridgehead atoms. The monoisotopic (exact) mass is 337 g/mol. The number of nitrogen functional groups attached to an aromatic ring is 1. The molecule has 2 heterocycles. The van der Waals surface area contributed by atoms with Gasteiger partial charge in [-0.3, -0.25) is 9.48 Å². The summed E-state index contributed by atoms with van der Waals surface area (Å²) in [4.78, 5) is 15.3. The summed E-state index contributed by atoms with van der Waals surface area (Å²) in [5, 5.41) is 13.3. The molecule has 3 aromatic rings. The third-order valence-corrected chi connectivity index (χ3v) is 3.94. The van der Waals surface area contributed by atoms with Gasteiger partial charge in [0.1, 0.15) is 11.3 Å². The van der Waals surface area contributed by atoms with Gasteiger partial charge in [-0.15, -0.1) is 0 Å². The Labute approximate surface area is 143 Å². The maximum Gasteiger partial charge on any atom is 0.217 e. The van der Waals surface area contributed by atoms with Crippen LogP contribution in [0.15, 0.2) is 30.5 Å². The number of nitrogens with zero attached hydrogens (tertiary/aromatic N) is 3. The van der Waals surface area contributed by atoms with Gasteiger partial charge >= 0.3 is 0 Å². The minimum atomic E-state index is -0.327. The summed E-state index contributed by atoms with van der Waals surface area (Å²) >= 11 is 0. The zero-order valence-corrected chi connectivity index (χ0v) is 13.6. The molecule has 0 spiro atoms. The highest BCUT2D eigenvalue weighted by molar-refractivity contribution is 6.07. The number of carbonyl (C=O) groups is 1. The highest BCUT2D eigenvalue weighted by Crippen LogP contribution is 2.28. The molecule has 0 saturated heterocycles. The maximum absolute atomic E-state index is 10.9. The van der Waals surface area contributed by atoms with Crippen LogP contribution < -0.4 is 17.2 Å². The van der Waals surface area contributed by atoms with Crippen LogP contribution in [0.2, 0.25) is 0 Å². The summed E-state index contributed by atoms with van der Waals surface area (Å²) < 4.78 is 1.75. The van der Waals surface area contributed by atoms with Crippen molar-refractivity contribution in [3.05, 3.63) is 36.0 Å². The Morgan fingerprint density at radius 3 is 2.80 bits per heavy atom. The number of anilines is 1. The zero-order chi connectivity index (χ0) is 18.0. The molecule has 128 valence electrons. The van der Waals surface area contributed by atoms with Crippen LogP contribution in [0.5, 0.6) is 0 Å². The second-order valence-corrected chi connectivity index (χ2v) is 5.74. The van der Waals surface area contributed by atoms with Crippen molar-refractivity contribution in [3.8, 4) is 0 Å². The van der Waals surface area contributed by atoms with E-state index in [2.05, 4.69) is 10.1 Å². The van der Waals surface area contributed by atoms with Crippen LogP contribution in [0.3, 0.4) is 0 Å². The van der Waals surface area contributed by atoms with Gasteiger partial charge in [0, 0.05) is 36.5 Å². The second kappa shape index (κ2) is 6.60. The Morgan fingerprint density at radius 1 is 1.28 bits per heavy atom. The molecule has 25 heavy (non-hydrogen) atoms. The molecule has 0 saturated carbocycles. The quantitative estimate of drug-likeness (QED) is 0.501. The fourth-order valence-electron chi connectivity index (χ4n) is 2.72. The first-order valence-electron chi connectivity index (χ1n) is 7.81. The Balaban J connectivity index is 2.05. The lowest BCUT2D eigenvalue weighted by atomic mass is 10.1. The molecule has 7 N–H and O–H groups in total. The fraction of sp³-hybridized carbons (Fsp3) is 0.176. The number of aryl methyl sites for hydroxylation is 1. The molecule has 8 heteroatoms. The van der Waals surface area contributed by atoms with Crippen molar-refractivity contribution < 1.29 is 4.79 Å². The molecule has 3 rings (SSSR count). The summed E-state index contributed by atoms with van der Waals surface area (Å²) in [6, 6.07) is 5.58. The number of allylic oxidation sites excluding steroid dienone is 1. The van der Waals surface area contributed by atoms with E-state index < -0.39 is 0 Å². The standard InChI is InChI=1S/C17H19N7O/c18-6-5-13(19)10-3-4-11-14(8-10)22-17(21)12-9-24(23-16(11)12)7-1-2-15(20)25/h3-6,8-9,18H,1-2,7,19H2,(H2,20,25)(H2,21,22). The van der Waals surface area contributed by atoms with Gasteiger partial charge in [0.2, 0.25) is 5.91 Å². The molecule has 2 aromatic heterocycles. The molecular weight excluding hydrogens is 318 g/mol. The van der Waals surface area contributed by atoms with E-state index in [9.17, 15) is 4.79 Å². The minimum absolute atomic E-state index is 0.312. The first-order valence-corrected chi connectivity index (χ1v) is 7.81. The third-order valence-electron chi connectivity index (χ3n) is 3.94. The van der Waals surface area contributed by atoms with Gasteiger partial charge in [0.15, 0.2) is 0 Å². The molecule has 0 aliphatic heterocycles. The molecular formula is C17H19N7O. The van der Waals surface area contributed by atoms with Crippen LogP contribution in [0.25, 0.3) is 27.5 Å². The average molecular weight is 337 g/mol. The van der Waals surface area contributed by atoms with E-state index in [1.54, 1.807) is 4.68 Å². The summed E-state index contributed by atoms with van der Waals surface area (Å²) in [5.74, 6) is 0.0573. The summed E-state index contributed by atoms with van der Waals surface area (Å²) in [5.41, 5.74) is 19.9. The van der Waals surface area contributed by atoms with E-state index in [4.69, 9.17) is 22.6 Å². The molecule has 0 aliphatic rings. The van der Waals surface area contributed by atoms with E-state index in [1.807, 2.05) is 24.4 Å². The summed E-state index contributed by atoms with van der Waals surface area (Å²) in [6.45, 7) is 0.575. The van der Waals surface area contributed by atoms with Crippen LogP contribution in [0, 0.1) is 5.41 Å². The number of hydrogen-bond acceptors (Lipinski definition) is 6. The number of nitrogens with two attached hydrogens (primary N) is 3. The largest absolute Gasteiger partial charge is 0.398 e. The maximum atomic E-state index is 10.9. The van der Waals surface area contributed by atoms with Gasteiger partial charge < -0.3 is 22.6 Å². The zero-order valence-electron chi connectivity index (χ0n) is 13.6. The predicted molar refractivity (Wildman–Crippen MR) is 98.8 cm³/mol. The number of carbonyl (C=O) groups excluding carboxylic acids is 1. The van der Waals surface area contributed by atoms with Crippen LogP contribution in [-0.2, 0) is 11.3 Å². The Kier molecular flexibility index (Phi) is 4.34. The van der Waals surface area contributed by atoms with Gasteiger partial charge in [-0.2, -0.15) is 5.10 Å². The highest BCUT2D eigenvalue weighted by Gasteiger charge is 2.12. The number of aromatic nitrogens is 3. The Hall–Kier alpha value is -3.42. The van der Waals surface area contributed by atoms with Crippen LogP contribution in [-0.4, -0.2) is 26.9 Å². The molecule has 0 atom stereocenters. The van der Waals surface area contributed by atoms with Gasteiger partial charge in [-0.1, -0.05) is 6.07 Å². The number of primary amides is 1. The van der Waals surface area contributed by atoms with Gasteiger partial charge in [-0.25, -0.2) is 4.98 Å². The van der Waals surface area contributed by atoms with E-state index in [0.717, 1.165) is 28.1 Å². The van der Waals surface area contributed by atoms with E-state index >= 15 is 0 Å². The first kappa shape index (κ1) is 16.4. The summed E-state index contributed by atoms with van der Waals surface area (Å²) in [6.07, 6.45) is 5.40. The van der Waals surface area contributed by atoms with Crippen LogP contribution in [0.4, 0.5) is 5.82 Å². The van der Waals surface area contributed by atoms with E-state index in [1.165, 1.54) is 6.08 Å². The molecule has 1 amide bonds. The lowest BCUT2D eigenvalue weighted by molar-refractivity contribution is -0.118. The normalized spacial score (nSPS) is 11.9. The second-order valence-electron chi connectivity index (χ2n) is 5.74. The smallest absolute Gasteiger partial charge is 0.217 e. The average Bonchev–Trinajstić information content (AvgIpc) is 2.99. The SMILES string of the molecule is N=CC=C(N)c1ccc2c(c1)nc(N)c1cn(CCCC(N)=O)nc12. The number of pyridine rings is 1. The van der Waals surface area contributed by atoms with E-state index in [-0.39, 0.29) is 5.91 Å². The van der Waals surface area contributed by atoms with Gasteiger partial charge in [-0.05, 0) is 30.2 Å². The third kappa shape index (κ3) is 3.27. The molecule has 0 fully saturated rings. The van der Waals surface area contributed by atoms with Crippen molar-refractivity contribution in [3.63, 3.8) is 0 Å². The lowest BCUT2D eigenvalue weighted by Crippen LogP contribution is -2.11. The van der Waals surface area contributed by atoms with Crippen LogP contribution >= 0.6 is 0 Å². The number of nitrogens with one attached hydrogen (secondary N) is 1. The number of benzene rings is 1. The van der Waals surface area contributed by atoms with Crippen molar-refractivity contribution in [2.75, 3.05) is 5.73 Å². The number of rotatable bonds is 6. The number of amides is 1. The topological polar surface area (TPSA) is 150 Å². The predicted octanol–water partition coefficient (Wildman–Crippen LogP) is 1.38. The first-order chi connectivity index (χ1) is 12.0.